The molecule has 3 aromatic heterocycles. The van der Waals surface area contributed by atoms with Crippen LogP contribution in [0.3, 0.4) is 0 Å². The van der Waals surface area contributed by atoms with Crippen molar-refractivity contribution >= 4 is 22.5 Å². The number of H-pyrrole nitrogens is 2. The van der Waals surface area contributed by atoms with Gasteiger partial charge in [-0.05, 0) is 49.6 Å². The Bertz CT molecular complexity index is 1810. The van der Waals surface area contributed by atoms with Crippen LogP contribution in [-0.4, -0.2) is 55.1 Å². The van der Waals surface area contributed by atoms with Gasteiger partial charge in [0.15, 0.2) is 0 Å². The summed E-state index contributed by atoms with van der Waals surface area (Å²) in [6.45, 7) is 4.15. The van der Waals surface area contributed by atoms with Crippen LogP contribution in [0.15, 0.2) is 47.4 Å². The van der Waals surface area contributed by atoms with Crippen molar-refractivity contribution in [3.63, 3.8) is 0 Å². The minimum atomic E-state index is -0.333. The second kappa shape index (κ2) is 9.16. The smallest absolute Gasteiger partial charge is 0.274 e. The number of halogens is 1. The van der Waals surface area contributed by atoms with E-state index in [1.54, 1.807) is 23.2 Å². The molecule has 10 heteroatoms. The van der Waals surface area contributed by atoms with Crippen LogP contribution in [0.4, 0.5) is 4.39 Å². The lowest BCUT2D eigenvalue weighted by molar-refractivity contribution is 0.0734. The van der Waals surface area contributed by atoms with Crippen LogP contribution in [-0.2, 0) is 17.7 Å². The number of nitrogens with one attached hydrogen (secondary N) is 2. The third kappa shape index (κ3) is 3.94. The first-order chi connectivity index (χ1) is 19.0. The average Bonchev–Trinajstić information content (AvgIpc) is 3.59. The topological polar surface area (TPSA) is 108 Å². The van der Waals surface area contributed by atoms with Gasteiger partial charge < -0.3 is 14.6 Å². The van der Waals surface area contributed by atoms with Crippen LogP contribution >= 0.6 is 0 Å². The van der Waals surface area contributed by atoms with Crippen LogP contribution in [0, 0.1) is 12.7 Å². The molecule has 9 nitrogen and oxygen atoms in total. The molecule has 0 spiro atoms. The van der Waals surface area contributed by atoms with Crippen molar-refractivity contribution in [3.8, 4) is 11.3 Å². The second-order valence-corrected chi connectivity index (χ2v) is 10.4. The molecule has 2 aliphatic rings. The molecule has 198 valence electrons. The van der Waals surface area contributed by atoms with Gasteiger partial charge in [-0.1, -0.05) is 12.1 Å². The summed E-state index contributed by atoms with van der Waals surface area (Å²) >= 11 is 0. The quantitative estimate of drug-likeness (QED) is 0.368. The standard InChI is InChI=1S/C29H27FN6O3/c1-16-11-24-23(32-28(37)25-14-31-27(36(24)25)17-6-9-39-10-7-17)13-20(16)29(38)35-8-5-22-21(15-35)26(34-33-22)18-3-2-4-19(30)12-18/h2-4,11-14,17H,5-10,15H2,1H3,(H,32,37)(H,33,34). The number of imidazole rings is 1. The van der Waals surface area contributed by atoms with E-state index in [0.29, 0.717) is 60.6 Å². The zero-order valence-electron chi connectivity index (χ0n) is 21.5. The molecule has 0 bridgehead atoms. The van der Waals surface area contributed by atoms with Gasteiger partial charge in [-0.15, -0.1) is 0 Å². The molecule has 5 heterocycles. The van der Waals surface area contributed by atoms with E-state index < -0.39 is 0 Å². The molecule has 0 saturated carbocycles. The summed E-state index contributed by atoms with van der Waals surface area (Å²) in [4.78, 5) is 36.2. The number of ether oxygens (including phenoxy) is 1. The summed E-state index contributed by atoms with van der Waals surface area (Å²) in [5.74, 6) is 0.609. The highest BCUT2D eigenvalue weighted by Gasteiger charge is 2.28. The van der Waals surface area contributed by atoms with Gasteiger partial charge in [-0.3, -0.25) is 19.1 Å². The zero-order valence-corrected chi connectivity index (χ0v) is 21.5. The van der Waals surface area contributed by atoms with Gasteiger partial charge in [0.25, 0.3) is 11.5 Å². The number of rotatable bonds is 3. The van der Waals surface area contributed by atoms with E-state index in [0.717, 1.165) is 41.0 Å². The number of fused-ring (bicyclic) bond motifs is 4. The minimum absolute atomic E-state index is 0.123. The Kier molecular flexibility index (Phi) is 5.59. The second-order valence-electron chi connectivity index (χ2n) is 10.4. The number of aromatic amines is 2. The summed E-state index contributed by atoms with van der Waals surface area (Å²) < 4.78 is 21.4. The Labute approximate surface area is 222 Å². The van der Waals surface area contributed by atoms with Gasteiger partial charge in [0, 0.05) is 61.0 Å². The first-order valence-electron chi connectivity index (χ1n) is 13.2. The lowest BCUT2D eigenvalue weighted by atomic mass is 9.98. The highest BCUT2D eigenvalue weighted by Crippen LogP contribution is 2.31. The molecule has 2 aromatic carbocycles. The molecular weight excluding hydrogens is 499 g/mol. The zero-order chi connectivity index (χ0) is 26.7. The Morgan fingerprint density at radius 1 is 1.15 bits per heavy atom. The predicted octanol–water partition coefficient (Wildman–Crippen LogP) is 4.11. The van der Waals surface area contributed by atoms with Gasteiger partial charge in [0.2, 0.25) is 0 Å². The molecule has 2 N–H and O–H groups in total. The molecule has 39 heavy (non-hydrogen) atoms. The normalized spacial score (nSPS) is 16.2. The summed E-state index contributed by atoms with van der Waals surface area (Å²) in [6, 6.07) is 10.1. The fraction of sp³-hybridized carbons (Fsp3) is 0.310. The van der Waals surface area contributed by atoms with Crippen LogP contribution in [0.5, 0.6) is 0 Å². The van der Waals surface area contributed by atoms with Crippen LogP contribution in [0.25, 0.3) is 27.8 Å². The number of hydrogen-bond acceptors (Lipinski definition) is 5. The first-order valence-corrected chi connectivity index (χ1v) is 13.2. The number of hydrogen-bond donors (Lipinski definition) is 2. The lowest BCUT2D eigenvalue weighted by Gasteiger charge is -2.28. The summed E-state index contributed by atoms with van der Waals surface area (Å²) in [5, 5.41) is 7.49. The van der Waals surface area contributed by atoms with Gasteiger partial charge in [0.05, 0.1) is 22.9 Å². The van der Waals surface area contributed by atoms with Crippen LogP contribution in [0.1, 0.15) is 51.8 Å². The molecule has 0 atom stereocenters. The number of carbonyl (C=O) groups is 1. The van der Waals surface area contributed by atoms with Gasteiger partial charge >= 0.3 is 0 Å². The Morgan fingerprint density at radius 3 is 2.82 bits per heavy atom. The number of nitrogens with zero attached hydrogens (tertiary/aromatic N) is 4. The van der Waals surface area contributed by atoms with E-state index in [9.17, 15) is 14.0 Å². The Hall–Kier alpha value is -4.31. The molecule has 7 rings (SSSR count). The lowest BCUT2D eigenvalue weighted by Crippen LogP contribution is -2.36. The maximum atomic E-state index is 13.9. The number of aromatic nitrogens is 5. The monoisotopic (exact) mass is 526 g/mol. The average molecular weight is 527 g/mol. The SMILES string of the molecule is Cc1cc2c(cc1C(=O)N1CCc3[nH]nc(-c4cccc(F)c4)c3C1)[nH]c(=O)c1cnc(C3CCOCC3)n12. The molecule has 0 unspecified atom stereocenters. The van der Waals surface area contributed by atoms with Crippen LogP contribution in [0.2, 0.25) is 0 Å². The highest BCUT2D eigenvalue weighted by atomic mass is 19.1. The van der Waals surface area contributed by atoms with E-state index in [4.69, 9.17) is 4.74 Å². The van der Waals surface area contributed by atoms with Gasteiger partial charge in [-0.2, -0.15) is 5.10 Å². The molecule has 0 radical (unpaired) electrons. The first kappa shape index (κ1) is 23.8. The molecule has 1 fully saturated rings. The van der Waals surface area contributed by atoms with Crippen molar-refractivity contribution in [1.29, 1.82) is 0 Å². The number of carbonyl (C=O) groups excluding carboxylic acids is 1. The van der Waals surface area contributed by atoms with E-state index in [2.05, 4.69) is 20.2 Å². The molecule has 0 aliphatic carbocycles. The third-order valence-corrected chi connectivity index (χ3v) is 7.99. The van der Waals surface area contributed by atoms with Crippen molar-refractivity contribution in [3.05, 3.63) is 87.0 Å². The third-order valence-electron chi connectivity index (χ3n) is 7.99. The molecule has 2 aliphatic heterocycles. The maximum absolute atomic E-state index is 13.9. The number of aryl methyl sites for hydroxylation is 1. The predicted molar refractivity (Wildman–Crippen MR) is 143 cm³/mol. The largest absolute Gasteiger partial charge is 0.381 e. The van der Waals surface area contributed by atoms with Gasteiger partial charge in [-0.25, -0.2) is 9.37 Å². The maximum Gasteiger partial charge on any atom is 0.274 e. The summed E-state index contributed by atoms with van der Waals surface area (Å²) in [5.41, 5.74) is 6.20. The van der Waals surface area contributed by atoms with Crippen molar-refractivity contribution < 1.29 is 13.9 Å². The van der Waals surface area contributed by atoms with E-state index in [1.807, 2.05) is 23.5 Å². The number of amides is 1. The van der Waals surface area contributed by atoms with Crippen LogP contribution < -0.4 is 5.56 Å². The highest BCUT2D eigenvalue weighted by molar-refractivity contribution is 5.99. The van der Waals surface area contributed by atoms with Gasteiger partial charge in [0.1, 0.15) is 17.2 Å². The van der Waals surface area contributed by atoms with E-state index >= 15 is 0 Å². The fourth-order valence-electron chi connectivity index (χ4n) is 5.93. The fourth-order valence-corrected chi connectivity index (χ4v) is 5.93. The minimum Gasteiger partial charge on any atom is -0.381 e. The summed E-state index contributed by atoms with van der Waals surface area (Å²) in [6.07, 6.45) is 3.96. The molecule has 1 amide bonds. The van der Waals surface area contributed by atoms with E-state index in [-0.39, 0.29) is 23.2 Å². The van der Waals surface area contributed by atoms with Crippen molar-refractivity contribution in [1.82, 2.24) is 29.5 Å². The molecule has 5 aromatic rings. The number of benzene rings is 2. The van der Waals surface area contributed by atoms with E-state index in [1.165, 1.54) is 12.1 Å². The summed E-state index contributed by atoms with van der Waals surface area (Å²) in [7, 11) is 0. The molecular formula is C29H27FN6O3. The molecule has 1 saturated heterocycles. The van der Waals surface area contributed by atoms with Crippen molar-refractivity contribution in [2.75, 3.05) is 19.8 Å². The van der Waals surface area contributed by atoms with Crippen molar-refractivity contribution in [2.45, 2.75) is 38.6 Å². The van der Waals surface area contributed by atoms with Crippen molar-refractivity contribution in [2.24, 2.45) is 0 Å². The Balaban J connectivity index is 1.26. The Morgan fingerprint density at radius 2 is 2.00 bits per heavy atom.